The molecule has 0 radical (unpaired) electrons. The quantitative estimate of drug-likeness (QED) is 0.796. The smallest absolute Gasteiger partial charge is 0.287 e. The number of rotatable bonds is 4. The minimum Gasteiger partial charge on any atom is -0.450 e. The van der Waals surface area contributed by atoms with Crippen LogP contribution in [0.2, 0.25) is 0 Å². The van der Waals surface area contributed by atoms with E-state index in [1.807, 2.05) is 54.6 Å². The molecule has 2 heterocycles. The topological polar surface area (TPSA) is 54.6 Å². The van der Waals surface area contributed by atoms with Gasteiger partial charge in [0.2, 0.25) is 5.76 Å². The Kier molecular flexibility index (Phi) is 3.71. The highest BCUT2D eigenvalue weighted by Gasteiger charge is 2.21. The van der Waals surface area contributed by atoms with Crippen molar-refractivity contribution in [3.05, 3.63) is 77.2 Å². The largest absolute Gasteiger partial charge is 0.450 e. The maximum Gasteiger partial charge on any atom is 0.287 e. The average Bonchev–Trinajstić information content (AvgIpc) is 2.85. The fourth-order valence-electron chi connectivity index (χ4n) is 2.92. The summed E-state index contributed by atoms with van der Waals surface area (Å²) in [5.74, 6) is 0.106. The molecule has 1 aliphatic rings. The van der Waals surface area contributed by atoms with Crippen molar-refractivity contribution in [2.45, 2.75) is 6.42 Å². The summed E-state index contributed by atoms with van der Waals surface area (Å²) in [4.78, 5) is 16.8. The molecule has 0 atom stereocenters. The van der Waals surface area contributed by atoms with Gasteiger partial charge in [-0.05, 0) is 29.7 Å². The molecule has 1 aliphatic heterocycles. The van der Waals surface area contributed by atoms with E-state index in [1.54, 1.807) is 12.4 Å². The highest BCUT2D eigenvalue weighted by molar-refractivity contribution is 6.12. The van der Waals surface area contributed by atoms with Crippen LogP contribution in [0, 0.1) is 0 Å². The second kappa shape index (κ2) is 6.16. The number of nitrogens with zero attached hydrogens (tertiary/aromatic N) is 1. The highest BCUT2D eigenvalue weighted by Crippen LogP contribution is 2.30. The van der Waals surface area contributed by atoms with E-state index >= 15 is 0 Å². The Bertz CT molecular complexity index is 952. The second-order valence-electron chi connectivity index (χ2n) is 5.65. The van der Waals surface area contributed by atoms with Crippen molar-refractivity contribution in [1.29, 1.82) is 0 Å². The summed E-state index contributed by atoms with van der Waals surface area (Å²) in [5.41, 5.74) is 3.64. The van der Waals surface area contributed by atoms with Gasteiger partial charge in [-0.15, -0.1) is 0 Å². The van der Waals surface area contributed by atoms with E-state index in [9.17, 15) is 4.79 Å². The minimum atomic E-state index is -0.212. The number of hydrogen-bond acceptors (Lipinski definition) is 3. The number of furan rings is 1. The van der Waals surface area contributed by atoms with Crippen LogP contribution in [0.5, 0.6) is 0 Å². The van der Waals surface area contributed by atoms with Crippen LogP contribution in [0.4, 0.5) is 0 Å². The lowest BCUT2D eigenvalue weighted by atomic mass is 10.1. The molecule has 0 spiro atoms. The van der Waals surface area contributed by atoms with Crippen LogP contribution in [-0.4, -0.2) is 18.7 Å². The average molecular weight is 316 g/mol. The zero-order valence-electron chi connectivity index (χ0n) is 13.0. The van der Waals surface area contributed by atoms with E-state index in [4.69, 9.17) is 4.42 Å². The molecule has 0 saturated heterocycles. The summed E-state index contributed by atoms with van der Waals surface area (Å²) in [7, 11) is 0. The molecule has 0 saturated carbocycles. The van der Waals surface area contributed by atoms with Crippen molar-refractivity contribution >= 4 is 29.2 Å². The van der Waals surface area contributed by atoms with Gasteiger partial charge in [-0.2, -0.15) is 0 Å². The maximum atomic E-state index is 12.5. The third-order valence-corrected chi connectivity index (χ3v) is 4.08. The molecule has 0 bridgehead atoms. The second-order valence-corrected chi connectivity index (χ2v) is 5.65. The Hall–Kier alpha value is -3.14. The van der Waals surface area contributed by atoms with Gasteiger partial charge in [0.25, 0.3) is 5.91 Å². The van der Waals surface area contributed by atoms with E-state index in [1.165, 1.54) is 5.56 Å². The number of carbonyl (C=O) groups excluding carboxylic acids is 1. The van der Waals surface area contributed by atoms with Crippen LogP contribution in [0.3, 0.4) is 0 Å². The molecule has 24 heavy (non-hydrogen) atoms. The summed E-state index contributed by atoms with van der Waals surface area (Å²) in [6, 6.07) is 15.8. The molecule has 4 nitrogen and oxygen atoms in total. The molecule has 1 aromatic heterocycles. The zero-order valence-corrected chi connectivity index (χ0v) is 13.0. The summed E-state index contributed by atoms with van der Waals surface area (Å²) in [6.07, 6.45) is 6.11. The minimum absolute atomic E-state index is 0.212. The van der Waals surface area contributed by atoms with Crippen LogP contribution in [0.1, 0.15) is 27.2 Å². The van der Waals surface area contributed by atoms with Gasteiger partial charge in [-0.3, -0.25) is 9.79 Å². The normalized spacial score (nSPS) is 12.3. The first-order valence-corrected chi connectivity index (χ1v) is 7.90. The van der Waals surface area contributed by atoms with E-state index in [0.29, 0.717) is 17.9 Å². The maximum absolute atomic E-state index is 12.5. The van der Waals surface area contributed by atoms with E-state index in [0.717, 1.165) is 22.9 Å². The summed E-state index contributed by atoms with van der Waals surface area (Å²) in [6.45, 7) is 0.557. The van der Waals surface area contributed by atoms with Crippen molar-refractivity contribution in [2.24, 2.45) is 4.99 Å². The molecule has 1 amide bonds. The summed E-state index contributed by atoms with van der Waals surface area (Å²) < 4.78 is 5.79. The number of nitrogens with one attached hydrogen (secondary N) is 1. The number of amides is 1. The van der Waals surface area contributed by atoms with Crippen molar-refractivity contribution in [2.75, 3.05) is 6.54 Å². The monoisotopic (exact) mass is 316 g/mol. The van der Waals surface area contributed by atoms with Crippen LogP contribution in [-0.2, 0) is 6.42 Å². The molecule has 0 unspecified atom stereocenters. The zero-order chi connectivity index (χ0) is 16.4. The number of hydrogen-bond donors (Lipinski definition) is 1. The predicted octanol–water partition coefficient (Wildman–Crippen LogP) is 3.81. The molecule has 0 aliphatic carbocycles. The van der Waals surface area contributed by atoms with Crippen LogP contribution in [0.25, 0.3) is 17.0 Å². The SMILES string of the molecule is O=C(NCCc1ccccc1)c1oc2cccc3c2c1C=NC=C3. The van der Waals surface area contributed by atoms with Crippen molar-refractivity contribution in [1.82, 2.24) is 5.32 Å². The lowest BCUT2D eigenvalue weighted by Gasteiger charge is -2.04. The van der Waals surface area contributed by atoms with Crippen LogP contribution < -0.4 is 5.32 Å². The van der Waals surface area contributed by atoms with Gasteiger partial charge >= 0.3 is 0 Å². The number of carbonyl (C=O) groups is 1. The predicted molar refractivity (Wildman–Crippen MR) is 95.3 cm³/mol. The Morgan fingerprint density at radius 3 is 2.83 bits per heavy atom. The first-order chi connectivity index (χ1) is 11.8. The van der Waals surface area contributed by atoms with E-state index in [-0.39, 0.29) is 5.91 Å². The fourth-order valence-corrected chi connectivity index (χ4v) is 2.92. The standard InChI is InChI=1S/C20H16N2O2/c23-20(22-12-9-14-5-2-1-3-6-14)19-16-13-21-11-10-15-7-4-8-17(24-19)18(15)16/h1-8,10-11,13H,9,12H2,(H,22,23). The third-order valence-electron chi connectivity index (χ3n) is 4.08. The molecular weight excluding hydrogens is 300 g/mol. The molecule has 4 heteroatoms. The van der Waals surface area contributed by atoms with Gasteiger partial charge < -0.3 is 9.73 Å². The molecule has 118 valence electrons. The Labute approximate surface area is 139 Å². The molecule has 1 N–H and O–H groups in total. The van der Waals surface area contributed by atoms with Crippen molar-refractivity contribution in [3.63, 3.8) is 0 Å². The van der Waals surface area contributed by atoms with Gasteiger partial charge in [0.15, 0.2) is 0 Å². The van der Waals surface area contributed by atoms with Crippen LogP contribution >= 0.6 is 0 Å². The van der Waals surface area contributed by atoms with Gasteiger partial charge in [-0.25, -0.2) is 0 Å². The van der Waals surface area contributed by atoms with E-state index < -0.39 is 0 Å². The molecule has 2 aromatic carbocycles. The summed E-state index contributed by atoms with van der Waals surface area (Å²) >= 11 is 0. The third kappa shape index (κ3) is 2.63. The lowest BCUT2D eigenvalue weighted by molar-refractivity contribution is 0.0928. The Morgan fingerprint density at radius 1 is 1.08 bits per heavy atom. The highest BCUT2D eigenvalue weighted by atomic mass is 16.3. The first kappa shape index (κ1) is 14.5. The van der Waals surface area contributed by atoms with E-state index in [2.05, 4.69) is 10.3 Å². The lowest BCUT2D eigenvalue weighted by Crippen LogP contribution is -2.26. The molecule has 3 aromatic rings. The Morgan fingerprint density at radius 2 is 1.96 bits per heavy atom. The fraction of sp³-hybridized carbons (Fsp3) is 0.100. The van der Waals surface area contributed by atoms with Crippen LogP contribution in [0.15, 0.2) is 64.1 Å². The number of benzene rings is 2. The van der Waals surface area contributed by atoms with Gasteiger partial charge in [0.05, 0.1) is 5.56 Å². The van der Waals surface area contributed by atoms with Crippen molar-refractivity contribution in [3.8, 4) is 0 Å². The van der Waals surface area contributed by atoms with Gasteiger partial charge in [0, 0.05) is 24.3 Å². The van der Waals surface area contributed by atoms with Gasteiger partial charge in [0.1, 0.15) is 5.58 Å². The van der Waals surface area contributed by atoms with Gasteiger partial charge in [-0.1, -0.05) is 42.5 Å². The summed E-state index contributed by atoms with van der Waals surface area (Å²) in [5, 5.41) is 3.87. The molecule has 4 rings (SSSR count). The van der Waals surface area contributed by atoms with Crippen molar-refractivity contribution < 1.29 is 9.21 Å². The first-order valence-electron chi connectivity index (χ1n) is 7.90. The molecule has 0 fully saturated rings. The number of aliphatic imine (C=N–C) groups is 1. The molecular formula is C20H16N2O2. The Balaban J connectivity index is 1.57.